The predicted octanol–water partition coefficient (Wildman–Crippen LogP) is 2.62. The van der Waals surface area contributed by atoms with E-state index in [4.69, 9.17) is 0 Å². The van der Waals surface area contributed by atoms with Crippen LogP contribution in [0.5, 0.6) is 0 Å². The Hall–Kier alpha value is -1.51. The van der Waals surface area contributed by atoms with Gasteiger partial charge in [0.1, 0.15) is 0 Å². The summed E-state index contributed by atoms with van der Waals surface area (Å²) in [7, 11) is 1.86. The first kappa shape index (κ1) is 12.0. The molecule has 2 rings (SSSR count). The van der Waals surface area contributed by atoms with Crippen LogP contribution in [0.25, 0.3) is 0 Å². The van der Waals surface area contributed by atoms with Crippen LogP contribution in [-0.4, -0.2) is 24.5 Å². The van der Waals surface area contributed by atoms with Crippen LogP contribution in [0.4, 0.5) is 4.79 Å². The fourth-order valence-electron chi connectivity index (χ4n) is 2.63. The van der Waals surface area contributed by atoms with Gasteiger partial charge in [0.15, 0.2) is 0 Å². The van der Waals surface area contributed by atoms with Crippen LogP contribution in [0, 0.1) is 27.7 Å². The number of nitrogens with zero attached hydrogens (tertiary/aromatic N) is 1. The Morgan fingerprint density at radius 3 is 2.12 bits per heavy atom. The van der Waals surface area contributed by atoms with Crippen LogP contribution < -0.4 is 5.32 Å². The van der Waals surface area contributed by atoms with E-state index in [2.05, 4.69) is 39.1 Å². The third kappa shape index (κ3) is 1.79. The highest BCUT2D eigenvalue weighted by molar-refractivity contribution is 5.77. The normalized spacial score (nSPS) is 19.7. The van der Waals surface area contributed by atoms with Gasteiger partial charge >= 0.3 is 6.03 Å². The molecule has 0 radical (unpaired) electrons. The molecule has 2 amide bonds. The van der Waals surface area contributed by atoms with Crippen LogP contribution in [-0.2, 0) is 0 Å². The van der Waals surface area contributed by atoms with Gasteiger partial charge in [-0.3, -0.25) is 0 Å². The summed E-state index contributed by atoms with van der Waals surface area (Å²) in [5.41, 5.74) is 6.53. The molecule has 1 heterocycles. The molecule has 0 aliphatic carbocycles. The largest absolute Gasteiger partial charge is 0.336 e. The second-order valence-electron chi connectivity index (χ2n) is 4.99. The molecule has 0 saturated carbocycles. The van der Waals surface area contributed by atoms with Gasteiger partial charge in [0, 0.05) is 13.6 Å². The molecule has 1 aromatic rings. The Morgan fingerprint density at radius 2 is 1.71 bits per heavy atom. The van der Waals surface area contributed by atoms with E-state index in [1.54, 1.807) is 4.90 Å². The zero-order valence-electron chi connectivity index (χ0n) is 11.2. The molecular formula is C14H20N2O. The van der Waals surface area contributed by atoms with Crippen LogP contribution in [0.15, 0.2) is 6.07 Å². The highest BCUT2D eigenvalue weighted by atomic mass is 16.2. The van der Waals surface area contributed by atoms with Gasteiger partial charge in [0.05, 0.1) is 6.04 Å². The number of nitrogens with one attached hydrogen (secondary N) is 1. The second kappa shape index (κ2) is 4.06. The minimum atomic E-state index is 0.0213. The van der Waals surface area contributed by atoms with E-state index in [1.165, 1.54) is 27.8 Å². The number of rotatable bonds is 1. The Kier molecular flexibility index (Phi) is 2.86. The van der Waals surface area contributed by atoms with Crippen LogP contribution in [0.1, 0.15) is 33.9 Å². The molecule has 1 unspecified atom stereocenters. The average Bonchev–Trinajstić information content (AvgIpc) is 2.59. The highest BCUT2D eigenvalue weighted by Crippen LogP contribution is 2.32. The minimum Gasteiger partial charge on any atom is -0.336 e. The second-order valence-corrected chi connectivity index (χ2v) is 4.99. The van der Waals surface area contributed by atoms with Gasteiger partial charge in [0.25, 0.3) is 0 Å². The molecule has 0 bridgehead atoms. The molecule has 1 aromatic carbocycles. The lowest BCUT2D eigenvalue weighted by molar-refractivity contribution is 0.216. The smallest absolute Gasteiger partial charge is 0.317 e. The molecule has 17 heavy (non-hydrogen) atoms. The van der Waals surface area contributed by atoms with E-state index in [-0.39, 0.29) is 12.1 Å². The Balaban J connectivity index is 2.55. The maximum absolute atomic E-state index is 11.6. The third-order valence-corrected chi connectivity index (χ3v) is 3.99. The lowest BCUT2D eigenvalue weighted by Crippen LogP contribution is -2.26. The van der Waals surface area contributed by atoms with Crippen LogP contribution >= 0.6 is 0 Å². The summed E-state index contributed by atoms with van der Waals surface area (Å²) < 4.78 is 0. The SMILES string of the molecule is Cc1cc(C)c(C)c(C2CNC(=O)N2C)c1C. The van der Waals surface area contributed by atoms with E-state index < -0.39 is 0 Å². The zero-order chi connectivity index (χ0) is 12.7. The fraction of sp³-hybridized carbons (Fsp3) is 0.500. The zero-order valence-corrected chi connectivity index (χ0v) is 11.2. The van der Waals surface area contributed by atoms with E-state index in [1.807, 2.05) is 7.05 Å². The Morgan fingerprint density at radius 1 is 1.18 bits per heavy atom. The van der Waals surface area contributed by atoms with Crippen molar-refractivity contribution < 1.29 is 4.79 Å². The molecule has 3 heteroatoms. The van der Waals surface area contributed by atoms with Crippen molar-refractivity contribution in [2.24, 2.45) is 0 Å². The Labute approximate surface area is 103 Å². The first-order chi connectivity index (χ1) is 7.93. The molecular weight excluding hydrogens is 212 g/mol. The maximum Gasteiger partial charge on any atom is 0.317 e. The average molecular weight is 232 g/mol. The first-order valence-electron chi connectivity index (χ1n) is 6.01. The number of likely N-dealkylation sites (N-methyl/N-ethyl adjacent to an activating group) is 1. The van der Waals surface area contributed by atoms with Gasteiger partial charge in [-0.1, -0.05) is 6.07 Å². The monoisotopic (exact) mass is 232 g/mol. The number of amides is 2. The van der Waals surface area contributed by atoms with E-state index in [0.717, 1.165) is 0 Å². The maximum atomic E-state index is 11.6. The quantitative estimate of drug-likeness (QED) is 0.793. The first-order valence-corrected chi connectivity index (χ1v) is 6.01. The van der Waals surface area contributed by atoms with Crippen molar-refractivity contribution in [3.63, 3.8) is 0 Å². The van der Waals surface area contributed by atoms with Gasteiger partial charge in [0.2, 0.25) is 0 Å². The lowest BCUT2D eigenvalue weighted by Gasteiger charge is -2.24. The topological polar surface area (TPSA) is 32.3 Å². The van der Waals surface area contributed by atoms with Crippen molar-refractivity contribution >= 4 is 6.03 Å². The summed E-state index contributed by atoms with van der Waals surface area (Å²) in [6.45, 7) is 9.27. The summed E-state index contributed by atoms with van der Waals surface area (Å²) in [6.07, 6.45) is 0. The third-order valence-electron chi connectivity index (χ3n) is 3.99. The molecule has 1 N–H and O–H groups in total. The lowest BCUT2D eigenvalue weighted by atomic mass is 9.89. The molecule has 92 valence electrons. The molecule has 1 aliphatic rings. The molecule has 1 atom stereocenters. The fourth-order valence-corrected chi connectivity index (χ4v) is 2.63. The summed E-state index contributed by atoms with van der Waals surface area (Å²) in [6, 6.07) is 2.41. The molecule has 1 aliphatic heterocycles. The van der Waals surface area contributed by atoms with E-state index in [9.17, 15) is 4.79 Å². The number of carbonyl (C=O) groups is 1. The van der Waals surface area contributed by atoms with Crippen LogP contribution in [0.3, 0.4) is 0 Å². The molecule has 1 saturated heterocycles. The van der Waals surface area contributed by atoms with Crippen molar-refractivity contribution in [3.05, 3.63) is 33.9 Å². The number of benzene rings is 1. The van der Waals surface area contributed by atoms with Gasteiger partial charge in [-0.2, -0.15) is 0 Å². The predicted molar refractivity (Wildman–Crippen MR) is 69.3 cm³/mol. The van der Waals surface area contributed by atoms with Crippen molar-refractivity contribution in [3.8, 4) is 0 Å². The molecule has 3 nitrogen and oxygen atoms in total. The van der Waals surface area contributed by atoms with Gasteiger partial charge < -0.3 is 10.2 Å². The number of aryl methyl sites for hydroxylation is 2. The molecule has 0 aromatic heterocycles. The highest BCUT2D eigenvalue weighted by Gasteiger charge is 2.31. The van der Waals surface area contributed by atoms with Crippen molar-refractivity contribution in [1.29, 1.82) is 0 Å². The van der Waals surface area contributed by atoms with E-state index in [0.29, 0.717) is 6.54 Å². The number of hydrogen-bond donors (Lipinski definition) is 1. The summed E-state index contributed by atoms with van der Waals surface area (Å²) in [5, 5.41) is 2.90. The Bertz CT molecular complexity index is 453. The van der Waals surface area contributed by atoms with Gasteiger partial charge in [-0.25, -0.2) is 4.79 Å². The number of carbonyl (C=O) groups excluding carboxylic acids is 1. The summed E-state index contributed by atoms with van der Waals surface area (Å²) >= 11 is 0. The number of hydrogen-bond acceptors (Lipinski definition) is 1. The number of urea groups is 1. The summed E-state index contributed by atoms with van der Waals surface area (Å²) in [4.78, 5) is 13.4. The molecule has 0 spiro atoms. The van der Waals surface area contributed by atoms with Crippen molar-refractivity contribution in [2.75, 3.05) is 13.6 Å². The van der Waals surface area contributed by atoms with Gasteiger partial charge in [-0.15, -0.1) is 0 Å². The van der Waals surface area contributed by atoms with Gasteiger partial charge in [-0.05, 0) is 55.5 Å². The van der Waals surface area contributed by atoms with Crippen molar-refractivity contribution in [2.45, 2.75) is 33.7 Å². The van der Waals surface area contributed by atoms with Crippen LogP contribution in [0.2, 0.25) is 0 Å². The van der Waals surface area contributed by atoms with E-state index >= 15 is 0 Å². The van der Waals surface area contributed by atoms with Crippen molar-refractivity contribution in [1.82, 2.24) is 10.2 Å². The minimum absolute atomic E-state index is 0.0213. The molecule has 1 fully saturated rings. The summed E-state index contributed by atoms with van der Waals surface area (Å²) in [5.74, 6) is 0. The standard InChI is InChI=1S/C14H20N2O/c1-8-6-9(2)11(4)13(10(8)3)12-7-15-14(17)16(12)5/h6,12H,7H2,1-5H3,(H,15,17).